The van der Waals surface area contributed by atoms with Gasteiger partial charge >= 0.3 is 58.0 Å². The van der Waals surface area contributed by atoms with E-state index in [1.807, 2.05) is 0 Å². The minimum Gasteiger partial charge on any atom is -2.00 e. The van der Waals surface area contributed by atoms with Gasteiger partial charge < -0.3 is 27.1 Å². The topological polar surface area (TPSA) is 177 Å². The summed E-state index contributed by atoms with van der Waals surface area (Å²) >= 11 is 0. The second-order valence-electron chi connectivity index (χ2n) is 0.238. The van der Waals surface area contributed by atoms with E-state index in [9.17, 15) is 0 Å². The first-order valence-electron chi connectivity index (χ1n) is 0.565. The smallest absolute Gasteiger partial charge is 2.00 e. The van der Waals surface area contributed by atoms with E-state index in [1.54, 1.807) is 0 Å². The van der Waals surface area contributed by atoms with Crippen LogP contribution in [0.15, 0.2) is 0 Å². The van der Waals surface area contributed by atoms with Crippen LogP contribution in [0.2, 0.25) is 0 Å². The van der Waals surface area contributed by atoms with Crippen molar-refractivity contribution in [3.05, 3.63) is 10.1 Å². The second-order valence-corrected chi connectivity index (χ2v) is 0.238. The molecule has 1 radical (unpaired) electrons. The Bertz CT molecular complexity index is 41.4. The molecule has 1 N–H and O–H groups in total. The molecule has 0 aromatic heterocycles. The molecule has 0 fully saturated rings. The van der Waals surface area contributed by atoms with Crippen molar-refractivity contribution in [3.63, 3.8) is 0 Å². The molecule has 0 saturated carbocycles. The van der Waals surface area contributed by atoms with Crippen molar-refractivity contribution >= 4 is 0 Å². The van der Waals surface area contributed by atoms with E-state index in [0.717, 1.165) is 0 Å². The Hall–Kier alpha value is 0.884. The summed E-state index contributed by atoms with van der Waals surface area (Å²) in [7, 11) is 0. The summed E-state index contributed by atoms with van der Waals surface area (Å²) in [5.41, 5.74) is 0. The number of rotatable bonds is 0. The summed E-state index contributed by atoms with van der Waals surface area (Å²) in [6.07, 6.45) is 0. The molecule has 0 aliphatic heterocycles. The van der Waals surface area contributed by atoms with Crippen LogP contribution < -0.4 is 0 Å². The molecule has 0 rings (SSSR count). The van der Waals surface area contributed by atoms with Crippen molar-refractivity contribution in [2.45, 2.75) is 0 Å². The fourth-order valence-corrected chi connectivity index (χ4v) is 0. The third-order valence-corrected chi connectivity index (χ3v) is 0. The predicted octanol–water partition coefficient (Wildman–Crippen LogP) is -0.830. The van der Waals surface area contributed by atoms with Crippen molar-refractivity contribution in [3.8, 4) is 0 Å². The predicted molar refractivity (Wildman–Crippen MR) is 11.5 cm³/mol. The van der Waals surface area contributed by atoms with Gasteiger partial charge in [0.2, 0.25) is 0 Å². The Morgan fingerprint density at radius 1 is 1.09 bits per heavy atom. The quantitative estimate of drug-likeness (QED) is 0.341. The van der Waals surface area contributed by atoms with Crippen molar-refractivity contribution in [1.82, 2.24) is 0 Å². The normalized spacial score (nSPS) is 2.18. The summed E-state index contributed by atoms with van der Waals surface area (Å²) in [5, 5.41) is 13.6. The van der Waals surface area contributed by atoms with Crippen LogP contribution in [-0.4, -0.2) is 10.3 Å². The molecule has 11 heteroatoms. The van der Waals surface area contributed by atoms with Crippen molar-refractivity contribution in [2.75, 3.05) is 0 Å². The van der Waals surface area contributed by atoms with Gasteiger partial charge in [0.15, 0.2) is 0 Å². The zero-order chi connectivity index (χ0) is 3.58. The van der Waals surface area contributed by atoms with E-state index in [-0.39, 0.29) is 79.9 Å². The third kappa shape index (κ3) is 1100. The number of hydrogen-bond donors (Lipinski definition) is 1. The van der Waals surface area contributed by atoms with Gasteiger partial charge in [-0.1, -0.05) is 0 Å². The second kappa shape index (κ2) is 70.5. The Morgan fingerprint density at radius 2 is 1.09 bits per heavy atom. The molecule has 0 aliphatic rings. The van der Waals surface area contributed by atoms with Gasteiger partial charge in [0.25, 0.3) is 5.09 Å². The Labute approximate surface area is 99.9 Å². The standard InChI is InChI=1S/Ag.Cu.HNO3.4O.V/c;;2-1(3)4;;;;;/h;;(H,2,3,4);;;;;/q+1;+2;;4*-2;+5. The fraction of sp³-hybridized carbons (Fsp3) is 0. The third-order valence-electron chi connectivity index (χ3n) is 0. The van der Waals surface area contributed by atoms with Crippen molar-refractivity contribution in [1.29, 1.82) is 0 Å². The maximum absolute atomic E-state index is 8.36. The van der Waals surface area contributed by atoms with E-state index in [1.165, 1.54) is 0 Å². The molecule has 8 nitrogen and oxygen atoms in total. The molecule has 0 aromatic carbocycles. The summed E-state index contributed by atoms with van der Waals surface area (Å²) in [4.78, 5) is 8.36. The molecule has 0 amide bonds. The number of nitrogens with zero attached hydrogens (tertiary/aromatic N) is 1. The van der Waals surface area contributed by atoms with Gasteiger partial charge in [-0.3, -0.25) is 0 Å². The van der Waals surface area contributed by atoms with E-state index in [4.69, 9.17) is 15.3 Å². The molecule has 11 heavy (non-hydrogen) atoms. The summed E-state index contributed by atoms with van der Waals surface area (Å²) in [6, 6.07) is 0. The molecule has 0 atom stereocenters. The molecule has 0 bridgehead atoms. The maximum Gasteiger partial charge on any atom is 5.00 e. The van der Waals surface area contributed by atoms with E-state index < -0.39 is 5.09 Å². The molecule has 75 valence electrons. The van der Waals surface area contributed by atoms with Crippen LogP contribution in [0.1, 0.15) is 0 Å². The summed E-state index contributed by atoms with van der Waals surface area (Å²) in [5.74, 6) is 0. The van der Waals surface area contributed by atoms with Crippen LogP contribution in [0.25, 0.3) is 0 Å². The van der Waals surface area contributed by atoms with Gasteiger partial charge in [0, 0.05) is 0 Å². The molecule has 0 saturated heterocycles. The molecular formula is HAgCuNO7V. The van der Waals surface area contributed by atoms with Crippen molar-refractivity contribution in [2.24, 2.45) is 0 Å². The van der Waals surface area contributed by atoms with Gasteiger partial charge in [-0.15, -0.1) is 10.1 Å². The number of hydrogen-bond acceptors (Lipinski definition) is 2. The molecule has 0 spiro atoms. The average molecular weight is 349 g/mol. The Kier molecular flexibility index (Phi) is 598. The van der Waals surface area contributed by atoms with Crippen LogP contribution in [0.3, 0.4) is 0 Å². The zero-order valence-electron chi connectivity index (χ0n) is 4.39. The van der Waals surface area contributed by atoms with Crippen LogP contribution in [0.4, 0.5) is 0 Å². The Balaban J connectivity index is -0.00000000214. The first-order valence-corrected chi connectivity index (χ1v) is 0.565. The average Bonchev–Trinajstić information content (AvgIpc) is 0.811. The first kappa shape index (κ1) is 93.3. The van der Waals surface area contributed by atoms with Gasteiger partial charge in [0.05, 0.1) is 0 Å². The Morgan fingerprint density at radius 3 is 1.09 bits per heavy atom. The van der Waals surface area contributed by atoms with Crippen LogP contribution in [0, 0.1) is 10.1 Å². The van der Waals surface area contributed by atoms with Crippen LogP contribution in [0.5, 0.6) is 0 Å². The van der Waals surface area contributed by atoms with Gasteiger partial charge in [-0.05, 0) is 0 Å². The summed E-state index contributed by atoms with van der Waals surface area (Å²) in [6.45, 7) is 0. The minimum atomic E-state index is -1.50. The molecular weight excluding hydrogens is 348 g/mol. The minimum absolute atomic E-state index is 0. The van der Waals surface area contributed by atoms with E-state index in [2.05, 4.69) is 0 Å². The maximum atomic E-state index is 8.36. The molecule has 0 aliphatic carbocycles. The summed E-state index contributed by atoms with van der Waals surface area (Å²) < 4.78 is 0. The van der Waals surface area contributed by atoms with Gasteiger partial charge in [-0.2, -0.15) is 0 Å². The fourth-order valence-electron chi connectivity index (χ4n) is 0. The SMILES string of the molecule is O=[N+]([O-])O.[Ag+].[Cu+2].[O-2].[O-2].[O-2].[O-2].[V+5]. The molecule has 0 unspecified atom stereocenters. The van der Waals surface area contributed by atoms with Crippen molar-refractivity contribution < 1.29 is 90.2 Å². The largest absolute Gasteiger partial charge is 5.00 e. The van der Waals surface area contributed by atoms with Gasteiger partial charge in [-0.25, -0.2) is 0 Å². The monoisotopic (exact) mass is 348 g/mol. The van der Waals surface area contributed by atoms with Crippen LogP contribution >= 0.6 is 0 Å². The van der Waals surface area contributed by atoms with E-state index in [0.29, 0.717) is 0 Å². The van der Waals surface area contributed by atoms with Gasteiger partial charge in [0.1, 0.15) is 0 Å². The molecule has 0 heterocycles. The first-order chi connectivity index (χ1) is 1.73. The van der Waals surface area contributed by atoms with E-state index >= 15 is 0 Å². The zero-order valence-corrected chi connectivity index (χ0v) is 8.21. The molecule has 0 aromatic rings. The van der Waals surface area contributed by atoms with Crippen LogP contribution in [-0.2, 0) is 79.9 Å².